The summed E-state index contributed by atoms with van der Waals surface area (Å²) in [6, 6.07) is 7.59. The largest absolute Gasteiger partial charge is 0.325 e. The Balaban J connectivity index is 1.66. The van der Waals surface area contributed by atoms with E-state index < -0.39 is 12.2 Å². The number of rotatable bonds is 2. The lowest BCUT2D eigenvalue weighted by Gasteiger charge is -2.34. The summed E-state index contributed by atoms with van der Waals surface area (Å²) in [4.78, 5) is 34.3. The van der Waals surface area contributed by atoms with Gasteiger partial charge < -0.3 is 14.7 Å². The molecule has 2 atom stereocenters. The van der Waals surface area contributed by atoms with Crippen molar-refractivity contribution in [1.82, 2.24) is 15.1 Å². The summed E-state index contributed by atoms with van der Waals surface area (Å²) in [6.45, 7) is 3.65. The van der Waals surface area contributed by atoms with Crippen molar-refractivity contribution in [3.8, 4) is 0 Å². The average Bonchev–Trinajstić information content (AvgIpc) is 3.12. The Labute approximate surface area is 134 Å². The fraction of sp³-hybridized carbons (Fsp3) is 0.438. The molecule has 0 radical (unpaired) electrons. The van der Waals surface area contributed by atoms with Gasteiger partial charge in [0.05, 0.1) is 0 Å². The number of imide groups is 1. The molecule has 4 rings (SSSR count). The van der Waals surface area contributed by atoms with Gasteiger partial charge >= 0.3 is 6.03 Å². The van der Waals surface area contributed by atoms with Gasteiger partial charge in [-0.25, -0.2) is 9.79 Å². The molecule has 0 bridgehead atoms. The number of aliphatic imine (C=N–C) groups is 1. The molecule has 3 aliphatic heterocycles. The minimum absolute atomic E-state index is 0.264. The van der Waals surface area contributed by atoms with Crippen LogP contribution in [0.5, 0.6) is 0 Å². The van der Waals surface area contributed by atoms with Crippen molar-refractivity contribution < 1.29 is 9.59 Å². The molecule has 0 saturated carbocycles. The van der Waals surface area contributed by atoms with E-state index in [9.17, 15) is 9.59 Å². The number of hydrogen-bond donors (Lipinski definition) is 1. The Kier molecular flexibility index (Phi) is 3.04. The van der Waals surface area contributed by atoms with Crippen LogP contribution >= 0.6 is 0 Å². The van der Waals surface area contributed by atoms with Gasteiger partial charge in [0.15, 0.2) is 12.2 Å². The number of amides is 3. The molecular formula is C16H19N5O2. The van der Waals surface area contributed by atoms with E-state index in [1.807, 2.05) is 4.90 Å². The summed E-state index contributed by atoms with van der Waals surface area (Å²) < 4.78 is 0. The first-order chi connectivity index (χ1) is 11.1. The van der Waals surface area contributed by atoms with Gasteiger partial charge in [0.1, 0.15) is 0 Å². The molecule has 7 nitrogen and oxygen atoms in total. The Morgan fingerprint density at radius 2 is 1.96 bits per heavy atom. The van der Waals surface area contributed by atoms with Crippen molar-refractivity contribution in [2.45, 2.75) is 25.6 Å². The van der Waals surface area contributed by atoms with Crippen LogP contribution in [-0.4, -0.2) is 60.0 Å². The van der Waals surface area contributed by atoms with E-state index in [1.165, 1.54) is 10.5 Å². The number of benzene rings is 1. The first kappa shape index (κ1) is 14.0. The summed E-state index contributed by atoms with van der Waals surface area (Å²) in [5.74, 6) is 0.515. The van der Waals surface area contributed by atoms with Crippen LogP contribution in [-0.2, 0) is 11.2 Å². The lowest BCUT2D eigenvalue weighted by molar-refractivity contribution is -0.126. The maximum atomic E-state index is 12.2. The van der Waals surface area contributed by atoms with Gasteiger partial charge in [0.2, 0.25) is 5.96 Å². The number of guanidine groups is 1. The zero-order valence-corrected chi connectivity index (χ0v) is 13.2. The highest BCUT2D eigenvalue weighted by atomic mass is 16.2. The van der Waals surface area contributed by atoms with Crippen LogP contribution in [0.2, 0.25) is 0 Å². The molecule has 0 aromatic heterocycles. The minimum atomic E-state index is -0.441. The fourth-order valence-corrected chi connectivity index (χ4v) is 3.44. The quantitative estimate of drug-likeness (QED) is 0.869. The van der Waals surface area contributed by atoms with Gasteiger partial charge in [0.25, 0.3) is 5.91 Å². The predicted molar refractivity (Wildman–Crippen MR) is 86.2 cm³/mol. The van der Waals surface area contributed by atoms with Gasteiger partial charge in [-0.05, 0) is 24.1 Å². The number of likely N-dealkylation sites (N-methyl/N-ethyl adjacent to an activating group) is 1. The lowest BCUT2D eigenvalue weighted by atomic mass is 10.1. The number of anilines is 1. The second kappa shape index (κ2) is 4.97. The molecule has 120 valence electrons. The van der Waals surface area contributed by atoms with Crippen molar-refractivity contribution in [2.24, 2.45) is 4.99 Å². The second-order valence-corrected chi connectivity index (χ2v) is 6.06. The highest BCUT2D eigenvalue weighted by Gasteiger charge is 2.51. The third-order valence-corrected chi connectivity index (χ3v) is 4.80. The monoisotopic (exact) mass is 313 g/mol. The van der Waals surface area contributed by atoms with Crippen LogP contribution in [0.1, 0.15) is 12.5 Å². The molecule has 3 amide bonds. The molecule has 1 aromatic rings. The van der Waals surface area contributed by atoms with E-state index in [1.54, 1.807) is 7.05 Å². The number of hydrogen-bond acceptors (Lipinski definition) is 5. The summed E-state index contributed by atoms with van der Waals surface area (Å²) in [6.07, 6.45) is 0.564. The molecule has 3 aliphatic rings. The van der Waals surface area contributed by atoms with Crippen molar-refractivity contribution in [3.63, 3.8) is 0 Å². The molecule has 1 N–H and O–H groups in total. The summed E-state index contributed by atoms with van der Waals surface area (Å²) in [7, 11) is 1.67. The van der Waals surface area contributed by atoms with Crippen molar-refractivity contribution in [2.75, 3.05) is 25.0 Å². The molecule has 23 heavy (non-hydrogen) atoms. The van der Waals surface area contributed by atoms with Crippen LogP contribution in [0.25, 0.3) is 0 Å². The molecular weight excluding hydrogens is 294 g/mol. The van der Waals surface area contributed by atoms with Crippen molar-refractivity contribution in [3.05, 3.63) is 29.8 Å². The van der Waals surface area contributed by atoms with Crippen LogP contribution in [0.3, 0.4) is 0 Å². The van der Waals surface area contributed by atoms with Gasteiger partial charge in [0, 0.05) is 25.8 Å². The molecule has 7 heteroatoms. The maximum Gasteiger partial charge on any atom is 0.325 e. The number of nitrogens with zero attached hydrogens (tertiary/aromatic N) is 4. The van der Waals surface area contributed by atoms with E-state index in [2.05, 4.69) is 46.4 Å². The van der Waals surface area contributed by atoms with Gasteiger partial charge in [-0.3, -0.25) is 10.1 Å². The fourth-order valence-electron chi connectivity index (χ4n) is 3.44. The van der Waals surface area contributed by atoms with Crippen molar-refractivity contribution in [1.29, 1.82) is 0 Å². The molecule has 0 spiro atoms. The number of carbonyl (C=O) groups excluding carboxylic acids is 2. The number of urea groups is 1. The molecule has 3 heterocycles. The normalized spacial score (nSPS) is 26.2. The van der Waals surface area contributed by atoms with Crippen LogP contribution in [0.15, 0.2) is 29.3 Å². The average molecular weight is 313 g/mol. The predicted octanol–water partition coefficient (Wildman–Crippen LogP) is 0.617. The standard InChI is InChI=1S/C16H19N5O2/c1-3-10-4-6-11(7-5-10)20-8-9-21-12-13(17-15(20)21)19(2)16(23)18-14(12)22/h4-7,12-13H,3,8-9H2,1-2H3,(H,18,22,23). The SMILES string of the molecule is CCc1ccc(N2CCN3C2=NC2C3C(=O)NC(=O)N2C)cc1. The first-order valence-corrected chi connectivity index (χ1v) is 7.88. The molecule has 2 fully saturated rings. The highest BCUT2D eigenvalue weighted by molar-refractivity contribution is 6.07. The Morgan fingerprint density at radius 1 is 1.22 bits per heavy atom. The Bertz CT molecular complexity index is 699. The Hall–Kier alpha value is -2.57. The number of carbonyl (C=O) groups is 2. The molecule has 0 aliphatic carbocycles. The van der Waals surface area contributed by atoms with Crippen LogP contribution < -0.4 is 10.2 Å². The zero-order chi connectivity index (χ0) is 16.1. The van der Waals surface area contributed by atoms with Crippen LogP contribution in [0.4, 0.5) is 10.5 Å². The van der Waals surface area contributed by atoms with E-state index in [0.717, 1.165) is 31.2 Å². The molecule has 2 unspecified atom stereocenters. The minimum Gasteiger partial charge on any atom is -0.325 e. The number of aryl methyl sites for hydroxylation is 1. The lowest BCUT2D eigenvalue weighted by Crippen LogP contribution is -2.63. The molecule has 1 aromatic carbocycles. The zero-order valence-electron chi connectivity index (χ0n) is 13.2. The number of nitrogens with one attached hydrogen (secondary N) is 1. The number of fused-ring (bicyclic) bond motifs is 3. The topological polar surface area (TPSA) is 68.2 Å². The third-order valence-electron chi connectivity index (χ3n) is 4.80. The Morgan fingerprint density at radius 3 is 2.65 bits per heavy atom. The summed E-state index contributed by atoms with van der Waals surface area (Å²) in [5.41, 5.74) is 2.35. The van der Waals surface area contributed by atoms with E-state index in [0.29, 0.717) is 0 Å². The molecule has 2 saturated heterocycles. The smallest absolute Gasteiger partial charge is 0.325 e. The van der Waals surface area contributed by atoms with E-state index in [-0.39, 0.29) is 11.9 Å². The van der Waals surface area contributed by atoms with Gasteiger partial charge in [-0.2, -0.15) is 0 Å². The van der Waals surface area contributed by atoms with E-state index in [4.69, 9.17) is 0 Å². The van der Waals surface area contributed by atoms with Crippen molar-refractivity contribution >= 4 is 23.6 Å². The van der Waals surface area contributed by atoms with Gasteiger partial charge in [-0.1, -0.05) is 19.1 Å². The maximum absolute atomic E-state index is 12.2. The summed E-state index contributed by atoms with van der Waals surface area (Å²) >= 11 is 0. The highest BCUT2D eigenvalue weighted by Crippen LogP contribution is 2.31. The first-order valence-electron chi connectivity index (χ1n) is 7.88. The van der Waals surface area contributed by atoms with Gasteiger partial charge in [-0.15, -0.1) is 0 Å². The summed E-state index contributed by atoms with van der Waals surface area (Å²) in [5, 5.41) is 2.40. The van der Waals surface area contributed by atoms with E-state index >= 15 is 0 Å². The second-order valence-electron chi connectivity index (χ2n) is 6.06. The third kappa shape index (κ3) is 1.99. The van der Waals surface area contributed by atoms with Crippen LogP contribution in [0, 0.1) is 0 Å².